The van der Waals surface area contributed by atoms with Gasteiger partial charge in [-0.05, 0) is 43.2 Å². The van der Waals surface area contributed by atoms with Crippen LogP contribution in [0.1, 0.15) is 16.7 Å². The van der Waals surface area contributed by atoms with E-state index >= 15 is 0 Å². The van der Waals surface area contributed by atoms with Gasteiger partial charge in [0.05, 0.1) is 14.2 Å². The highest BCUT2D eigenvalue weighted by Crippen LogP contribution is 2.22. The van der Waals surface area contributed by atoms with E-state index in [1.807, 2.05) is 51.2 Å². The zero-order valence-corrected chi connectivity index (χ0v) is 16.6. The Balaban J connectivity index is 1.74. The number of quaternary nitrogens is 1. The molecule has 2 aromatic carbocycles. The van der Waals surface area contributed by atoms with Crippen LogP contribution in [0.3, 0.4) is 0 Å². The average molecular weight is 381 g/mol. The monoisotopic (exact) mass is 381 g/mol. The maximum absolute atomic E-state index is 12.5. The number of nitrogens with one attached hydrogen (secondary N) is 2. The van der Waals surface area contributed by atoms with Crippen molar-refractivity contribution in [2.75, 3.05) is 26.0 Å². The molecule has 3 aromatic rings. The van der Waals surface area contributed by atoms with Crippen LogP contribution in [0, 0.1) is 13.8 Å². The molecule has 0 aliphatic heterocycles. The second kappa shape index (κ2) is 8.27. The third-order valence-electron chi connectivity index (χ3n) is 4.87. The molecular formula is C22H25N2O4+. The molecule has 6 heteroatoms. The minimum atomic E-state index is -0.414. The Morgan fingerprint density at radius 1 is 1.18 bits per heavy atom. The van der Waals surface area contributed by atoms with Crippen LogP contribution in [0.5, 0.6) is 5.75 Å². The summed E-state index contributed by atoms with van der Waals surface area (Å²) in [6.45, 7) is 4.81. The topological polar surface area (TPSA) is 73.0 Å². The van der Waals surface area contributed by atoms with Crippen molar-refractivity contribution in [3.05, 3.63) is 69.6 Å². The molecule has 28 heavy (non-hydrogen) atoms. The molecule has 1 aromatic heterocycles. The molecule has 1 heterocycles. The molecule has 1 atom stereocenters. The normalized spacial score (nSPS) is 12.0. The summed E-state index contributed by atoms with van der Waals surface area (Å²) in [4.78, 5) is 25.3. The Hall–Kier alpha value is -3.12. The standard InChI is InChI=1S/C22H24N2O4/c1-14-6-5-7-19(15(14)2)23-21(25)13-24(3)12-16-10-22(26)28-20-11-17(27-4)8-9-18(16)20/h5-11H,12-13H2,1-4H3,(H,23,25)/p+1. The van der Waals surface area contributed by atoms with Gasteiger partial charge in [0.1, 0.15) is 17.9 Å². The van der Waals surface area contributed by atoms with Gasteiger partial charge in [0, 0.05) is 28.8 Å². The summed E-state index contributed by atoms with van der Waals surface area (Å²) in [5.41, 5.74) is 3.94. The fourth-order valence-electron chi connectivity index (χ4n) is 3.23. The Bertz CT molecular complexity index is 1070. The van der Waals surface area contributed by atoms with Gasteiger partial charge in [-0.1, -0.05) is 12.1 Å². The summed E-state index contributed by atoms with van der Waals surface area (Å²) in [5.74, 6) is 0.557. The zero-order valence-electron chi connectivity index (χ0n) is 16.6. The lowest BCUT2D eigenvalue weighted by Crippen LogP contribution is -3.08. The molecule has 1 amide bonds. The third kappa shape index (κ3) is 4.40. The second-order valence-corrected chi connectivity index (χ2v) is 7.06. The lowest BCUT2D eigenvalue weighted by molar-refractivity contribution is -0.885. The Labute approximate surface area is 163 Å². The molecule has 0 saturated carbocycles. The summed E-state index contributed by atoms with van der Waals surface area (Å²) in [7, 11) is 3.49. The predicted molar refractivity (Wildman–Crippen MR) is 109 cm³/mol. The number of amides is 1. The lowest BCUT2D eigenvalue weighted by atomic mass is 10.1. The van der Waals surface area contributed by atoms with Gasteiger partial charge in [-0.3, -0.25) is 4.79 Å². The number of aryl methyl sites for hydroxylation is 1. The van der Waals surface area contributed by atoms with Crippen molar-refractivity contribution in [2.24, 2.45) is 0 Å². The van der Waals surface area contributed by atoms with Gasteiger partial charge in [0.15, 0.2) is 6.54 Å². The molecule has 2 N–H and O–H groups in total. The second-order valence-electron chi connectivity index (χ2n) is 7.06. The average Bonchev–Trinajstić information content (AvgIpc) is 2.64. The van der Waals surface area contributed by atoms with Crippen molar-refractivity contribution in [1.29, 1.82) is 0 Å². The molecule has 3 rings (SSSR count). The summed E-state index contributed by atoms with van der Waals surface area (Å²) in [6.07, 6.45) is 0. The largest absolute Gasteiger partial charge is 0.497 e. The number of rotatable bonds is 6. The highest BCUT2D eigenvalue weighted by atomic mass is 16.5. The van der Waals surface area contributed by atoms with Crippen LogP contribution in [0.25, 0.3) is 11.0 Å². The SMILES string of the molecule is COc1ccc2c(C[NH+](C)CC(=O)Nc3cccc(C)c3C)cc(=O)oc2c1. The zero-order chi connectivity index (χ0) is 20.3. The number of ether oxygens (including phenoxy) is 1. The van der Waals surface area contributed by atoms with E-state index in [0.29, 0.717) is 17.9 Å². The van der Waals surface area contributed by atoms with Crippen LogP contribution in [0.2, 0.25) is 0 Å². The number of anilines is 1. The van der Waals surface area contributed by atoms with E-state index in [1.54, 1.807) is 13.2 Å². The van der Waals surface area contributed by atoms with Crippen LogP contribution in [0.4, 0.5) is 5.69 Å². The third-order valence-corrected chi connectivity index (χ3v) is 4.87. The van der Waals surface area contributed by atoms with Crippen LogP contribution < -0.4 is 20.6 Å². The summed E-state index contributed by atoms with van der Waals surface area (Å²) < 4.78 is 10.5. The smallest absolute Gasteiger partial charge is 0.336 e. The first-order valence-corrected chi connectivity index (χ1v) is 9.15. The van der Waals surface area contributed by atoms with Gasteiger partial charge in [0.25, 0.3) is 5.91 Å². The first-order valence-electron chi connectivity index (χ1n) is 9.15. The first-order chi connectivity index (χ1) is 13.4. The van der Waals surface area contributed by atoms with Gasteiger partial charge in [0.2, 0.25) is 0 Å². The van der Waals surface area contributed by atoms with Crippen molar-refractivity contribution < 1.29 is 18.8 Å². The van der Waals surface area contributed by atoms with Crippen LogP contribution >= 0.6 is 0 Å². The van der Waals surface area contributed by atoms with E-state index in [4.69, 9.17) is 9.15 Å². The van der Waals surface area contributed by atoms with Gasteiger partial charge < -0.3 is 19.4 Å². The number of fused-ring (bicyclic) bond motifs is 1. The summed E-state index contributed by atoms with van der Waals surface area (Å²) in [6, 6.07) is 12.7. The van der Waals surface area contributed by atoms with E-state index in [2.05, 4.69) is 5.32 Å². The molecule has 0 saturated heterocycles. The summed E-state index contributed by atoms with van der Waals surface area (Å²) in [5, 5.41) is 3.82. The molecule has 0 spiro atoms. The van der Waals surface area contributed by atoms with Gasteiger partial charge in [-0.15, -0.1) is 0 Å². The Kier molecular flexibility index (Phi) is 5.80. The van der Waals surface area contributed by atoms with Crippen molar-refractivity contribution in [3.63, 3.8) is 0 Å². The number of methoxy groups -OCH3 is 1. The maximum atomic E-state index is 12.5. The number of hydrogen-bond acceptors (Lipinski definition) is 4. The molecule has 0 bridgehead atoms. The van der Waals surface area contributed by atoms with E-state index < -0.39 is 5.63 Å². The van der Waals surface area contributed by atoms with Gasteiger partial charge in [-0.2, -0.15) is 0 Å². The van der Waals surface area contributed by atoms with Gasteiger partial charge >= 0.3 is 5.63 Å². The minimum absolute atomic E-state index is 0.0693. The van der Waals surface area contributed by atoms with Crippen LogP contribution in [0.15, 0.2) is 51.7 Å². The molecule has 6 nitrogen and oxygen atoms in total. The van der Waals surface area contributed by atoms with Crippen LogP contribution in [-0.4, -0.2) is 26.6 Å². The molecular weight excluding hydrogens is 356 g/mol. The van der Waals surface area contributed by atoms with Crippen LogP contribution in [-0.2, 0) is 11.3 Å². The number of benzene rings is 2. The highest BCUT2D eigenvalue weighted by molar-refractivity contribution is 5.92. The van der Waals surface area contributed by atoms with E-state index in [1.165, 1.54) is 6.07 Å². The Morgan fingerprint density at radius 2 is 1.96 bits per heavy atom. The van der Waals surface area contributed by atoms with Crippen molar-refractivity contribution in [1.82, 2.24) is 0 Å². The van der Waals surface area contributed by atoms with Crippen molar-refractivity contribution in [2.45, 2.75) is 20.4 Å². The quantitative estimate of drug-likeness (QED) is 0.641. The summed E-state index contributed by atoms with van der Waals surface area (Å²) >= 11 is 0. The number of likely N-dealkylation sites (N-methyl/N-ethyl adjacent to an activating group) is 1. The Morgan fingerprint density at radius 3 is 2.71 bits per heavy atom. The molecule has 1 unspecified atom stereocenters. The molecule has 0 fully saturated rings. The maximum Gasteiger partial charge on any atom is 0.336 e. The fraction of sp³-hybridized carbons (Fsp3) is 0.273. The first kappa shape index (κ1) is 19.6. The van der Waals surface area contributed by atoms with E-state index in [9.17, 15) is 9.59 Å². The number of carbonyl (C=O) groups excluding carboxylic acids is 1. The van der Waals surface area contributed by atoms with Gasteiger partial charge in [-0.25, -0.2) is 4.79 Å². The molecule has 0 aliphatic rings. The number of carbonyl (C=O) groups is 1. The highest BCUT2D eigenvalue weighted by Gasteiger charge is 2.15. The fourth-order valence-corrected chi connectivity index (χ4v) is 3.23. The predicted octanol–water partition coefficient (Wildman–Crippen LogP) is 2.07. The van der Waals surface area contributed by atoms with E-state index in [-0.39, 0.29) is 12.5 Å². The van der Waals surface area contributed by atoms with Crippen molar-refractivity contribution >= 4 is 22.6 Å². The minimum Gasteiger partial charge on any atom is -0.497 e. The molecule has 0 radical (unpaired) electrons. The molecule has 146 valence electrons. The number of hydrogen-bond donors (Lipinski definition) is 2. The molecule has 0 aliphatic carbocycles. The van der Waals surface area contributed by atoms with E-state index in [0.717, 1.165) is 32.7 Å². The lowest BCUT2D eigenvalue weighted by Gasteiger charge is -2.16. The van der Waals surface area contributed by atoms with Crippen molar-refractivity contribution in [3.8, 4) is 5.75 Å².